The van der Waals surface area contributed by atoms with Crippen LogP contribution in [0.1, 0.15) is 60.6 Å². The summed E-state index contributed by atoms with van der Waals surface area (Å²) in [5.74, 6) is 0.807. The number of hydrogen-bond donors (Lipinski definition) is 1. The zero-order valence-electron chi connectivity index (χ0n) is 21.4. The minimum absolute atomic E-state index is 0.00155. The van der Waals surface area contributed by atoms with Crippen molar-refractivity contribution in [3.63, 3.8) is 0 Å². The van der Waals surface area contributed by atoms with Crippen LogP contribution in [-0.2, 0) is 16.0 Å². The minimum atomic E-state index is -0.627. The number of carbonyl (C=O) groups is 1. The molecule has 37 heavy (non-hydrogen) atoms. The minimum Gasteiger partial charge on any atom is -0.466 e. The molecule has 1 aromatic heterocycles. The lowest BCUT2D eigenvalue weighted by Gasteiger charge is -2.12. The SMILES string of the molecule is CCOC(=O)C1CC1c1ccc(-c2ccc(-c3onc(C)c3C(O)CCCc3ccccc3)cc2)cc1. The van der Waals surface area contributed by atoms with Crippen molar-refractivity contribution in [2.45, 2.75) is 51.6 Å². The molecular weight excluding hydrogens is 462 g/mol. The van der Waals surface area contributed by atoms with Gasteiger partial charge in [0.25, 0.3) is 0 Å². The number of aryl methyl sites for hydroxylation is 2. The standard InChI is InChI=1S/C32H33NO4/c1-3-36-32(35)28-20-27(28)25-16-12-23(13-17-25)24-14-18-26(19-15-24)31-30(21(2)33-37-31)29(34)11-7-10-22-8-5-4-6-9-22/h4-6,8-9,12-19,27-29,34H,3,7,10-11,20H2,1-2H3. The second kappa shape index (κ2) is 11.1. The predicted molar refractivity (Wildman–Crippen MR) is 144 cm³/mol. The zero-order chi connectivity index (χ0) is 25.8. The van der Waals surface area contributed by atoms with Gasteiger partial charge < -0.3 is 14.4 Å². The van der Waals surface area contributed by atoms with Crippen molar-refractivity contribution in [1.29, 1.82) is 0 Å². The maximum atomic E-state index is 12.0. The Hall–Kier alpha value is -3.70. The first-order valence-electron chi connectivity index (χ1n) is 13.1. The Labute approximate surface area is 218 Å². The van der Waals surface area contributed by atoms with Crippen molar-refractivity contribution >= 4 is 5.97 Å². The summed E-state index contributed by atoms with van der Waals surface area (Å²) in [4.78, 5) is 12.0. The lowest BCUT2D eigenvalue weighted by molar-refractivity contribution is -0.144. The van der Waals surface area contributed by atoms with Crippen LogP contribution in [0.5, 0.6) is 0 Å². The van der Waals surface area contributed by atoms with Gasteiger partial charge in [-0.15, -0.1) is 0 Å². The van der Waals surface area contributed by atoms with E-state index in [1.807, 2.05) is 44.2 Å². The number of nitrogens with zero attached hydrogens (tertiary/aromatic N) is 1. The van der Waals surface area contributed by atoms with Crippen molar-refractivity contribution in [3.8, 4) is 22.5 Å². The van der Waals surface area contributed by atoms with Gasteiger partial charge >= 0.3 is 5.97 Å². The fraction of sp³-hybridized carbons (Fsp3) is 0.312. The molecule has 0 aliphatic heterocycles. The maximum absolute atomic E-state index is 12.0. The first-order chi connectivity index (χ1) is 18.0. The third-order valence-corrected chi connectivity index (χ3v) is 7.23. The largest absolute Gasteiger partial charge is 0.466 e. The second-order valence-corrected chi connectivity index (χ2v) is 9.80. The summed E-state index contributed by atoms with van der Waals surface area (Å²) in [5, 5.41) is 15.1. The van der Waals surface area contributed by atoms with Crippen molar-refractivity contribution in [1.82, 2.24) is 5.16 Å². The van der Waals surface area contributed by atoms with E-state index in [9.17, 15) is 9.90 Å². The number of benzene rings is 3. The average molecular weight is 496 g/mol. The fourth-order valence-corrected chi connectivity index (χ4v) is 5.08. The van der Waals surface area contributed by atoms with Gasteiger partial charge in [0.05, 0.1) is 29.9 Å². The number of carbonyl (C=O) groups excluding carboxylic acids is 1. The molecule has 5 rings (SSSR count). The number of aliphatic hydroxyl groups is 1. The third-order valence-electron chi connectivity index (χ3n) is 7.23. The van der Waals surface area contributed by atoms with Crippen LogP contribution in [0.25, 0.3) is 22.5 Å². The van der Waals surface area contributed by atoms with Gasteiger partial charge in [0, 0.05) is 5.56 Å². The van der Waals surface area contributed by atoms with Gasteiger partial charge in [-0.2, -0.15) is 0 Å². The predicted octanol–water partition coefficient (Wildman–Crippen LogP) is 7.04. The Kier molecular flexibility index (Phi) is 7.52. The van der Waals surface area contributed by atoms with E-state index in [0.29, 0.717) is 18.8 Å². The summed E-state index contributed by atoms with van der Waals surface area (Å²) in [6, 6.07) is 26.9. The topological polar surface area (TPSA) is 72.6 Å². The summed E-state index contributed by atoms with van der Waals surface area (Å²) in [6.45, 7) is 4.15. The Morgan fingerprint density at radius 1 is 1.00 bits per heavy atom. The molecule has 3 aromatic carbocycles. The molecule has 1 aliphatic carbocycles. The van der Waals surface area contributed by atoms with E-state index in [-0.39, 0.29) is 17.8 Å². The molecule has 3 atom stereocenters. The molecule has 0 bridgehead atoms. The highest BCUT2D eigenvalue weighted by Gasteiger charge is 2.45. The highest BCUT2D eigenvalue weighted by molar-refractivity contribution is 5.77. The van der Waals surface area contributed by atoms with E-state index >= 15 is 0 Å². The first-order valence-corrected chi connectivity index (χ1v) is 13.1. The van der Waals surface area contributed by atoms with Gasteiger partial charge in [0.1, 0.15) is 0 Å². The number of ether oxygens (including phenoxy) is 1. The second-order valence-electron chi connectivity index (χ2n) is 9.80. The highest BCUT2D eigenvalue weighted by atomic mass is 16.5. The summed E-state index contributed by atoms with van der Waals surface area (Å²) < 4.78 is 10.8. The summed E-state index contributed by atoms with van der Waals surface area (Å²) >= 11 is 0. The molecule has 5 nitrogen and oxygen atoms in total. The smallest absolute Gasteiger partial charge is 0.309 e. The Bertz CT molecular complexity index is 1330. The first kappa shape index (κ1) is 25.0. The van der Waals surface area contributed by atoms with Gasteiger partial charge in [-0.3, -0.25) is 4.79 Å². The molecule has 0 saturated heterocycles. The fourth-order valence-electron chi connectivity index (χ4n) is 5.08. The van der Waals surface area contributed by atoms with Crippen LogP contribution < -0.4 is 0 Å². The van der Waals surface area contributed by atoms with Crippen LogP contribution in [0.2, 0.25) is 0 Å². The molecular formula is C32H33NO4. The molecule has 1 N–H and O–H groups in total. The number of esters is 1. The van der Waals surface area contributed by atoms with Crippen LogP contribution in [0.4, 0.5) is 0 Å². The normalized spacial score (nSPS) is 17.4. The molecule has 1 heterocycles. The summed E-state index contributed by atoms with van der Waals surface area (Å²) in [5.41, 5.74) is 7.05. The van der Waals surface area contributed by atoms with E-state index < -0.39 is 6.10 Å². The van der Waals surface area contributed by atoms with Gasteiger partial charge in [-0.05, 0) is 67.7 Å². The lowest BCUT2D eigenvalue weighted by atomic mass is 9.96. The Balaban J connectivity index is 1.24. The van der Waals surface area contributed by atoms with Crippen LogP contribution >= 0.6 is 0 Å². The van der Waals surface area contributed by atoms with Crippen LogP contribution in [0.3, 0.4) is 0 Å². The van der Waals surface area contributed by atoms with Gasteiger partial charge in [-0.1, -0.05) is 84.0 Å². The molecule has 0 radical (unpaired) electrons. The van der Waals surface area contributed by atoms with Gasteiger partial charge in [0.2, 0.25) is 0 Å². The maximum Gasteiger partial charge on any atom is 0.309 e. The molecule has 1 fully saturated rings. The number of aliphatic hydroxyl groups excluding tert-OH is 1. The van der Waals surface area contributed by atoms with E-state index in [1.165, 1.54) is 11.1 Å². The molecule has 0 amide bonds. The monoisotopic (exact) mass is 495 g/mol. The van der Waals surface area contributed by atoms with E-state index in [4.69, 9.17) is 9.26 Å². The zero-order valence-corrected chi connectivity index (χ0v) is 21.4. The van der Waals surface area contributed by atoms with Crippen molar-refractivity contribution < 1.29 is 19.2 Å². The molecule has 4 aromatic rings. The summed E-state index contributed by atoms with van der Waals surface area (Å²) in [7, 11) is 0. The van der Waals surface area contributed by atoms with Crippen molar-refractivity contribution in [2.24, 2.45) is 5.92 Å². The molecule has 190 valence electrons. The molecule has 0 spiro atoms. The Morgan fingerprint density at radius 2 is 1.65 bits per heavy atom. The Morgan fingerprint density at radius 3 is 2.32 bits per heavy atom. The lowest BCUT2D eigenvalue weighted by Crippen LogP contribution is -2.07. The molecule has 5 heteroatoms. The van der Waals surface area contributed by atoms with E-state index in [2.05, 4.69) is 53.7 Å². The molecule has 1 saturated carbocycles. The van der Waals surface area contributed by atoms with Crippen molar-refractivity contribution in [3.05, 3.63) is 101 Å². The molecule has 1 aliphatic rings. The number of hydrogen-bond acceptors (Lipinski definition) is 5. The van der Waals surface area contributed by atoms with Crippen LogP contribution in [-0.4, -0.2) is 22.8 Å². The number of rotatable bonds is 10. The van der Waals surface area contributed by atoms with Gasteiger partial charge in [-0.25, -0.2) is 0 Å². The summed E-state index contributed by atoms with van der Waals surface area (Å²) in [6.07, 6.45) is 2.69. The van der Waals surface area contributed by atoms with Crippen LogP contribution in [0, 0.1) is 12.8 Å². The average Bonchev–Trinajstić information content (AvgIpc) is 3.64. The van der Waals surface area contributed by atoms with Gasteiger partial charge in [0.15, 0.2) is 5.76 Å². The number of aromatic nitrogens is 1. The third kappa shape index (κ3) is 5.67. The van der Waals surface area contributed by atoms with Crippen molar-refractivity contribution in [2.75, 3.05) is 6.61 Å². The van der Waals surface area contributed by atoms with Crippen LogP contribution in [0.15, 0.2) is 83.4 Å². The molecule has 3 unspecified atom stereocenters. The van der Waals surface area contributed by atoms with E-state index in [1.54, 1.807) is 0 Å². The van der Waals surface area contributed by atoms with E-state index in [0.717, 1.165) is 47.2 Å². The highest BCUT2D eigenvalue weighted by Crippen LogP contribution is 2.48. The quantitative estimate of drug-likeness (QED) is 0.239.